The summed E-state index contributed by atoms with van der Waals surface area (Å²) >= 11 is 0. The number of piperidine rings is 1. The van der Waals surface area contributed by atoms with Gasteiger partial charge in [0, 0.05) is 36.4 Å². The van der Waals surface area contributed by atoms with E-state index in [1.807, 2.05) is 25.1 Å². The van der Waals surface area contributed by atoms with Crippen LogP contribution >= 0.6 is 0 Å². The summed E-state index contributed by atoms with van der Waals surface area (Å²) in [6, 6.07) is 5.79. The largest absolute Gasteiger partial charge is 0.327 e. The summed E-state index contributed by atoms with van der Waals surface area (Å²) in [7, 11) is -3.11. The molecule has 2 heterocycles. The molecule has 5 nitrogen and oxygen atoms in total. The minimum atomic E-state index is -3.11. The molecule has 1 atom stereocenters. The molecule has 2 N–H and O–H groups in total. The Morgan fingerprint density at radius 2 is 2.05 bits per heavy atom. The van der Waals surface area contributed by atoms with Crippen molar-refractivity contribution in [3.05, 3.63) is 30.1 Å². The molecular weight excluding hydrogens is 274 g/mol. The highest BCUT2D eigenvalue weighted by Crippen LogP contribution is 2.37. The minimum absolute atomic E-state index is 0.0520. The summed E-state index contributed by atoms with van der Waals surface area (Å²) in [6.07, 6.45) is 3.22. The highest BCUT2D eigenvalue weighted by molar-refractivity contribution is 7.89. The summed E-state index contributed by atoms with van der Waals surface area (Å²) in [5.41, 5.74) is 6.97. The zero-order valence-corrected chi connectivity index (χ0v) is 12.9. The Hall–Kier alpha value is -0.980. The topological polar surface area (TPSA) is 76.3 Å². The zero-order chi connectivity index (χ0) is 14.8. The lowest BCUT2D eigenvalue weighted by molar-refractivity contribution is 0.201. The SMILES string of the molecule is CCS(=O)(=O)N1CCC(c2ccccn2)(C(C)N)CC1. The zero-order valence-electron chi connectivity index (χ0n) is 12.1. The second-order valence-corrected chi connectivity index (χ2v) is 7.72. The van der Waals surface area contributed by atoms with Crippen LogP contribution in [0.3, 0.4) is 0 Å². The van der Waals surface area contributed by atoms with E-state index < -0.39 is 10.0 Å². The average Bonchev–Trinajstić information content (AvgIpc) is 2.48. The molecule has 1 unspecified atom stereocenters. The third-order valence-corrected chi connectivity index (χ3v) is 6.30. The van der Waals surface area contributed by atoms with E-state index in [4.69, 9.17) is 5.73 Å². The standard InChI is InChI=1S/C14H23N3O2S/c1-3-20(18,19)17-10-7-14(8-11-17,12(2)15)13-6-4-5-9-16-13/h4-6,9,12H,3,7-8,10-11,15H2,1-2H3. The highest BCUT2D eigenvalue weighted by atomic mass is 32.2. The summed E-state index contributed by atoms with van der Waals surface area (Å²) in [5.74, 6) is 0.155. The Morgan fingerprint density at radius 3 is 2.50 bits per heavy atom. The van der Waals surface area contributed by atoms with Crippen LogP contribution in [-0.2, 0) is 15.4 Å². The fourth-order valence-corrected chi connectivity index (χ4v) is 4.05. The van der Waals surface area contributed by atoms with Crippen LogP contribution in [-0.4, -0.2) is 42.6 Å². The molecule has 0 amide bonds. The van der Waals surface area contributed by atoms with Crippen LogP contribution < -0.4 is 5.73 Å². The van der Waals surface area contributed by atoms with Crippen molar-refractivity contribution in [2.24, 2.45) is 5.73 Å². The molecule has 6 heteroatoms. The molecule has 0 radical (unpaired) electrons. The molecule has 1 aliphatic rings. The molecule has 0 bridgehead atoms. The van der Waals surface area contributed by atoms with E-state index in [2.05, 4.69) is 4.98 Å². The molecule has 1 aromatic rings. The average molecular weight is 297 g/mol. The molecule has 0 spiro atoms. The molecule has 0 aliphatic carbocycles. The number of hydrogen-bond donors (Lipinski definition) is 1. The van der Waals surface area contributed by atoms with Crippen molar-refractivity contribution in [1.82, 2.24) is 9.29 Å². The molecular formula is C14H23N3O2S. The van der Waals surface area contributed by atoms with Gasteiger partial charge in [0.2, 0.25) is 10.0 Å². The Balaban J connectivity index is 2.24. The maximum atomic E-state index is 12.0. The second-order valence-electron chi connectivity index (χ2n) is 5.46. The molecule has 20 heavy (non-hydrogen) atoms. The van der Waals surface area contributed by atoms with Crippen LogP contribution in [0.25, 0.3) is 0 Å². The van der Waals surface area contributed by atoms with Gasteiger partial charge in [-0.05, 0) is 38.8 Å². The maximum Gasteiger partial charge on any atom is 0.213 e. The predicted octanol–water partition coefficient (Wildman–Crippen LogP) is 1.11. The van der Waals surface area contributed by atoms with Gasteiger partial charge in [-0.15, -0.1) is 0 Å². The number of rotatable bonds is 4. The Bertz CT molecular complexity index is 535. The third-order valence-electron chi connectivity index (χ3n) is 4.42. The van der Waals surface area contributed by atoms with Crippen molar-refractivity contribution in [1.29, 1.82) is 0 Å². The molecule has 1 saturated heterocycles. The highest BCUT2D eigenvalue weighted by Gasteiger charge is 2.42. The van der Waals surface area contributed by atoms with Crippen LogP contribution in [0, 0.1) is 0 Å². The van der Waals surface area contributed by atoms with Crippen LogP contribution in [0.4, 0.5) is 0 Å². The molecule has 0 aromatic carbocycles. The van der Waals surface area contributed by atoms with E-state index in [1.54, 1.807) is 17.4 Å². The number of hydrogen-bond acceptors (Lipinski definition) is 4. The van der Waals surface area contributed by atoms with E-state index >= 15 is 0 Å². The number of sulfonamides is 1. The lowest BCUT2D eigenvalue weighted by atomic mass is 9.71. The first-order chi connectivity index (χ1) is 9.42. The van der Waals surface area contributed by atoms with Gasteiger partial charge in [-0.1, -0.05) is 6.07 Å². The van der Waals surface area contributed by atoms with Gasteiger partial charge in [0.15, 0.2) is 0 Å². The van der Waals surface area contributed by atoms with E-state index in [-0.39, 0.29) is 17.2 Å². The Kier molecular flexibility index (Phi) is 4.46. The number of pyridine rings is 1. The fourth-order valence-electron chi connectivity index (χ4n) is 2.95. The lowest BCUT2D eigenvalue weighted by Gasteiger charge is -2.43. The van der Waals surface area contributed by atoms with Crippen molar-refractivity contribution in [3.63, 3.8) is 0 Å². The monoisotopic (exact) mass is 297 g/mol. The third kappa shape index (κ3) is 2.73. The van der Waals surface area contributed by atoms with Crippen molar-refractivity contribution < 1.29 is 8.42 Å². The van der Waals surface area contributed by atoms with Crippen molar-refractivity contribution >= 4 is 10.0 Å². The van der Waals surface area contributed by atoms with Gasteiger partial charge in [-0.3, -0.25) is 4.98 Å². The van der Waals surface area contributed by atoms with Crippen LogP contribution in [0.2, 0.25) is 0 Å². The normalized spacial score (nSPS) is 21.6. The Morgan fingerprint density at radius 1 is 1.40 bits per heavy atom. The van der Waals surface area contributed by atoms with Gasteiger partial charge >= 0.3 is 0 Å². The molecule has 1 aromatic heterocycles. The molecule has 1 fully saturated rings. The number of nitrogens with zero attached hydrogens (tertiary/aromatic N) is 2. The first-order valence-corrected chi connectivity index (χ1v) is 8.68. The van der Waals surface area contributed by atoms with Gasteiger partial charge < -0.3 is 5.73 Å². The summed E-state index contributed by atoms with van der Waals surface area (Å²) in [5, 5.41) is 0. The maximum absolute atomic E-state index is 12.0. The van der Waals surface area contributed by atoms with Gasteiger partial charge in [0.1, 0.15) is 0 Å². The molecule has 112 valence electrons. The van der Waals surface area contributed by atoms with E-state index in [0.717, 1.165) is 18.5 Å². The van der Waals surface area contributed by atoms with Gasteiger partial charge in [0.25, 0.3) is 0 Å². The quantitative estimate of drug-likeness (QED) is 0.903. The predicted molar refractivity (Wildman–Crippen MR) is 79.8 cm³/mol. The summed E-state index contributed by atoms with van der Waals surface area (Å²) in [4.78, 5) is 4.46. The van der Waals surface area contributed by atoms with Crippen molar-refractivity contribution in [3.8, 4) is 0 Å². The number of aromatic nitrogens is 1. The van der Waals surface area contributed by atoms with Gasteiger partial charge in [0.05, 0.1) is 5.75 Å². The van der Waals surface area contributed by atoms with Crippen LogP contribution in [0.5, 0.6) is 0 Å². The molecule has 0 saturated carbocycles. The minimum Gasteiger partial charge on any atom is -0.327 e. The van der Waals surface area contributed by atoms with E-state index in [1.165, 1.54) is 0 Å². The lowest BCUT2D eigenvalue weighted by Crippen LogP contribution is -2.53. The van der Waals surface area contributed by atoms with Gasteiger partial charge in [-0.2, -0.15) is 0 Å². The smallest absolute Gasteiger partial charge is 0.213 e. The molecule has 2 rings (SSSR count). The second kappa shape index (κ2) is 5.79. The fraction of sp³-hybridized carbons (Fsp3) is 0.643. The summed E-state index contributed by atoms with van der Waals surface area (Å²) in [6.45, 7) is 4.71. The van der Waals surface area contributed by atoms with Crippen LogP contribution in [0.15, 0.2) is 24.4 Å². The first kappa shape index (κ1) is 15.4. The first-order valence-electron chi connectivity index (χ1n) is 7.07. The number of nitrogens with two attached hydrogens (primary N) is 1. The van der Waals surface area contributed by atoms with E-state index in [0.29, 0.717) is 13.1 Å². The van der Waals surface area contributed by atoms with E-state index in [9.17, 15) is 8.42 Å². The summed E-state index contributed by atoms with van der Waals surface area (Å²) < 4.78 is 25.5. The molecule has 1 aliphatic heterocycles. The van der Waals surface area contributed by atoms with Gasteiger partial charge in [-0.25, -0.2) is 12.7 Å². The Labute approximate surface area is 121 Å². The van der Waals surface area contributed by atoms with Crippen molar-refractivity contribution in [2.75, 3.05) is 18.8 Å². The van der Waals surface area contributed by atoms with Crippen LogP contribution in [0.1, 0.15) is 32.4 Å². The van der Waals surface area contributed by atoms with Crippen molar-refractivity contribution in [2.45, 2.75) is 38.1 Å².